The van der Waals surface area contributed by atoms with Gasteiger partial charge in [-0.25, -0.2) is 0 Å². The fourth-order valence-corrected chi connectivity index (χ4v) is 2.83. The minimum atomic E-state index is 0.0875. The van der Waals surface area contributed by atoms with Crippen LogP contribution in [0.5, 0.6) is 5.75 Å². The predicted octanol–water partition coefficient (Wildman–Crippen LogP) is 3.19. The lowest BCUT2D eigenvalue weighted by Crippen LogP contribution is -2.07. The van der Waals surface area contributed by atoms with Crippen molar-refractivity contribution in [1.82, 2.24) is 4.98 Å². The molecule has 1 fully saturated rings. The minimum absolute atomic E-state index is 0.0875. The molecule has 3 nitrogen and oxygen atoms in total. The number of methoxy groups -OCH3 is 1. The quantitative estimate of drug-likeness (QED) is 0.880. The molecule has 3 heteroatoms. The summed E-state index contributed by atoms with van der Waals surface area (Å²) in [5, 5.41) is 0.705. The fraction of sp³-hybridized carbons (Fsp3) is 0.400. The third-order valence-corrected chi connectivity index (χ3v) is 3.85. The molecule has 0 bridgehead atoms. The van der Waals surface area contributed by atoms with Gasteiger partial charge in [0.05, 0.1) is 7.11 Å². The van der Waals surface area contributed by atoms with Crippen LogP contribution < -0.4 is 10.2 Å². The second kappa shape index (κ2) is 4.48. The maximum atomic E-state index is 12.1. The highest BCUT2D eigenvalue weighted by molar-refractivity contribution is 5.80. The molecule has 0 saturated heterocycles. The van der Waals surface area contributed by atoms with Gasteiger partial charge < -0.3 is 9.72 Å². The van der Waals surface area contributed by atoms with Gasteiger partial charge in [0.25, 0.3) is 0 Å². The summed E-state index contributed by atoms with van der Waals surface area (Å²) in [4.78, 5) is 15.6. The third-order valence-electron chi connectivity index (χ3n) is 3.85. The van der Waals surface area contributed by atoms with Crippen molar-refractivity contribution in [3.63, 3.8) is 0 Å². The van der Waals surface area contributed by atoms with E-state index in [-0.39, 0.29) is 5.43 Å². The van der Waals surface area contributed by atoms with E-state index >= 15 is 0 Å². The Labute approximate surface area is 106 Å². The first-order chi connectivity index (χ1) is 8.78. The van der Waals surface area contributed by atoms with E-state index in [9.17, 15) is 4.79 Å². The molecule has 0 spiro atoms. The van der Waals surface area contributed by atoms with Crippen molar-refractivity contribution in [1.29, 1.82) is 0 Å². The molecule has 94 valence electrons. The van der Waals surface area contributed by atoms with Crippen molar-refractivity contribution in [2.45, 2.75) is 31.6 Å². The first-order valence-electron chi connectivity index (χ1n) is 6.49. The number of rotatable bonds is 2. The van der Waals surface area contributed by atoms with E-state index in [0.29, 0.717) is 11.3 Å². The van der Waals surface area contributed by atoms with Gasteiger partial charge in [-0.15, -0.1) is 0 Å². The van der Waals surface area contributed by atoms with E-state index in [0.717, 1.165) is 17.0 Å². The zero-order chi connectivity index (χ0) is 12.5. The standard InChI is InChI=1S/C15H17NO2/c1-18-11-6-7-13-12(8-11)15(17)9-14(16-13)10-4-2-3-5-10/h6-10H,2-5H2,1H3,(H,16,17). The maximum Gasteiger partial charge on any atom is 0.189 e. The molecule has 0 amide bonds. The van der Waals surface area contributed by atoms with Crippen LogP contribution >= 0.6 is 0 Å². The van der Waals surface area contributed by atoms with Crippen molar-refractivity contribution in [3.8, 4) is 5.75 Å². The normalized spacial score (nSPS) is 16.3. The van der Waals surface area contributed by atoms with Crippen LogP contribution in [0, 0.1) is 0 Å². The van der Waals surface area contributed by atoms with Crippen molar-refractivity contribution >= 4 is 10.9 Å². The molecule has 0 atom stereocenters. The highest BCUT2D eigenvalue weighted by Crippen LogP contribution is 2.33. The van der Waals surface area contributed by atoms with Crippen LogP contribution in [-0.2, 0) is 0 Å². The molecular formula is C15H17NO2. The largest absolute Gasteiger partial charge is 0.497 e. The number of hydrogen-bond donors (Lipinski definition) is 1. The summed E-state index contributed by atoms with van der Waals surface area (Å²) < 4.78 is 5.15. The minimum Gasteiger partial charge on any atom is -0.497 e. The lowest BCUT2D eigenvalue weighted by atomic mass is 10.0. The number of aromatic amines is 1. The van der Waals surface area contributed by atoms with Gasteiger partial charge in [0.15, 0.2) is 5.43 Å². The number of benzene rings is 1. The topological polar surface area (TPSA) is 42.1 Å². The van der Waals surface area contributed by atoms with Crippen LogP contribution in [0.2, 0.25) is 0 Å². The van der Waals surface area contributed by atoms with Gasteiger partial charge in [-0.05, 0) is 37.0 Å². The summed E-state index contributed by atoms with van der Waals surface area (Å²) in [6, 6.07) is 7.37. The molecule has 1 heterocycles. The lowest BCUT2D eigenvalue weighted by Gasteiger charge is -2.11. The molecule has 0 aliphatic heterocycles. The number of fused-ring (bicyclic) bond motifs is 1. The first kappa shape index (κ1) is 11.3. The summed E-state index contributed by atoms with van der Waals surface area (Å²) in [6.07, 6.45) is 4.93. The Morgan fingerprint density at radius 2 is 2.00 bits per heavy atom. The summed E-state index contributed by atoms with van der Waals surface area (Å²) in [5.41, 5.74) is 2.09. The van der Waals surface area contributed by atoms with Gasteiger partial charge in [-0.1, -0.05) is 12.8 Å². The molecule has 1 aromatic carbocycles. The molecule has 1 N–H and O–H groups in total. The van der Waals surface area contributed by atoms with Crippen molar-refractivity contribution < 1.29 is 4.74 Å². The molecular weight excluding hydrogens is 226 g/mol. The van der Waals surface area contributed by atoms with Crippen LogP contribution in [0.15, 0.2) is 29.1 Å². The maximum absolute atomic E-state index is 12.1. The zero-order valence-corrected chi connectivity index (χ0v) is 10.5. The Morgan fingerprint density at radius 3 is 2.72 bits per heavy atom. The average Bonchev–Trinajstić information content (AvgIpc) is 2.92. The fourth-order valence-electron chi connectivity index (χ4n) is 2.83. The van der Waals surface area contributed by atoms with E-state index in [4.69, 9.17) is 4.74 Å². The highest BCUT2D eigenvalue weighted by atomic mass is 16.5. The number of H-pyrrole nitrogens is 1. The van der Waals surface area contributed by atoms with E-state index in [1.165, 1.54) is 25.7 Å². The second-order valence-corrected chi connectivity index (χ2v) is 4.98. The van der Waals surface area contributed by atoms with Gasteiger partial charge in [0.1, 0.15) is 5.75 Å². The van der Waals surface area contributed by atoms with Gasteiger partial charge in [-0.2, -0.15) is 0 Å². The van der Waals surface area contributed by atoms with Crippen molar-refractivity contribution in [2.24, 2.45) is 0 Å². The van der Waals surface area contributed by atoms with Crippen molar-refractivity contribution in [3.05, 3.63) is 40.2 Å². The number of ether oxygens (including phenoxy) is 1. The monoisotopic (exact) mass is 243 g/mol. The summed E-state index contributed by atoms with van der Waals surface area (Å²) in [5.74, 6) is 1.26. The average molecular weight is 243 g/mol. The Balaban J connectivity index is 2.12. The van der Waals surface area contributed by atoms with Gasteiger partial charge in [0.2, 0.25) is 0 Å². The Bertz CT molecular complexity index is 624. The summed E-state index contributed by atoms with van der Waals surface area (Å²) in [6.45, 7) is 0. The highest BCUT2D eigenvalue weighted by Gasteiger charge is 2.18. The molecule has 1 aliphatic rings. The Kier molecular flexibility index (Phi) is 2.82. The molecule has 0 unspecified atom stereocenters. The Morgan fingerprint density at radius 1 is 1.22 bits per heavy atom. The number of nitrogens with one attached hydrogen (secondary N) is 1. The first-order valence-corrected chi connectivity index (χ1v) is 6.49. The van der Waals surface area contributed by atoms with Crippen LogP contribution in [0.3, 0.4) is 0 Å². The number of pyridine rings is 1. The van der Waals surface area contributed by atoms with E-state index < -0.39 is 0 Å². The summed E-state index contributed by atoms with van der Waals surface area (Å²) >= 11 is 0. The predicted molar refractivity (Wildman–Crippen MR) is 72.3 cm³/mol. The zero-order valence-electron chi connectivity index (χ0n) is 10.5. The van der Waals surface area contributed by atoms with Crippen molar-refractivity contribution in [2.75, 3.05) is 7.11 Å². The molecule has 3 rings (SSSR count). The second-order valence-electron chi connectivity index (χ2n) is 4.98. The van der Waals surface area contributed by atoms with E-state index in [2.05, 4.69) is 4.98 Å². The SMILES string of the molecule is COc1ccc2[nH]c(C3CCCC3)cc(=O)c2c1. The van der Waals surface area contributed by atoms with Gasteiger partial charge >= 0.3 is 0 Å². The van der Waals surface area contributed by atoms with Crippen LogP contribution in [0.4, 0.5) is 0 Å². The molecule has 2 aromatic rings. The number of aromatic nitrogens is 1. The molecule has 1 aliphatic carbocycles. The summed E-state index contributed by atoms with van der Waals surface area (Å²) in [7, 11) is 1.61. The molecule has 18 heavy (non-hydrogen) atoms. The molecule has 1 saturated carbocycles. The number of hydrogen-bond acceptors (Lipinski definition) is 2. The third kappa shape index (κ3) is 1.90. The van der Waals surface area contributed by atoms with Gasteiger partial charge in [-0.3, -0.25) is 4.79 Å². The lowest BCUT2D eigenvalue weighted by molar-refractivity contribution is 0.415. The van der Waals surface area contributed by atoms with Crippen LogP contribution in [-0.4, -0.2) is 12.1 Å². The van der Waals surface area contributed by atoms with E-state index in [1.807, 2.05) is 12.1 Å². The Hall–Kier alpha value is -1.77. The van der Waals surface area contributed by atoms with Crippen LogP contribution in [0.25, 0.3) is 10.9 Å². The smallest absolute Gasteiger partial charge is 0.189 e. The molecule has 0 radical (unpaired) electrons. The van der Waals surface area contributed by atoms with Crippen LogP contribution in [0.1, 0.15) is 37.3 Å². The molecule has 1 aromatic heterocycles. The van der Waals surface area contributed by atoms with E-state index in [1.54, 1.807) is 19.2 Å². The van der Waals surface area contributed by atoms with Gasteiger partial charge in [0, 0.05) is 22.7 Å².